The minimum Gasteiger partial charge on any atom is -0.370 e. The number of ketones is 1. The lowest BCUT2D eigenvalue weighted by molar-refractivity contribution is -0.133. The SMILES string of the molecule is CCC(=O)CNC(=O)[C@H](CCCNC(=N)N)NC(=O)[C@H](CCCNC(=N)N)NC(=O)[C@H](CCCNC(=N)N)NC. The van der Waals surface area contributed by atoms with E-state index in [0.717, 1.165) is 0 Å². The molecule has 0 saturated carbocycles. The second kappa shape index (κ2) is 20.8. The van der Waals surface area contributed by atoms with Crippen LogP contribution in [0.4, 0.5) is 0 Å². The van der Waals surface area contributed by atoms with E-state index in [2.05, 4.69) is 37.2 Å². The van der Waals surface area contributed by atoms with Crippen molar-refractivity contribution in [3.05, 3.63) is 0 Å². The molecule has 0 aromatic rings. The van der Waals surface area contributed by atoms with Crippen molar-refractivity contribution in [2.24, 2.45) is 17.2 Å². The van der Waals surface area contributed by atoms with Crippen molar-refractivity contribution in [1.29, 1.82) is 16.2 Å². The molecule has 0 aliphatic heterocycles. The van der Waals surface area contributed by atoms with Crippen LogP contribution in [0, 0.1) is 16.2 Å². The molecular weight excluding hydrogens is 522 g/mol. The van der Waals surface area contributed by atoms with Gasteiger partial charge < -0.3 is 54.4 Å². The highest BCUT2D eigenvalue weighted by Gasteiger charge is 2.28. The summed E-state index contributed by atoms with van der Waals surface area (Å²) in [5, 5.41) is 40.5. The Morgan fingerprint density at radius 3 is 1.38 bits per heavy atom. The van der Waals surface area contributed by atoms with E-state index in [1.54, 1.807) is 14.0 Å². The first-order valence-electron chi connectivity index (χ1n) is 13.2. The summed E-state index contributed by atoms with van der Waals surface area (Å²) in [5.74, 6) is -2.36. The van der Waals surface area contributed by atoms with Crippen LogP contribution in [0.25, 0.3) is 0 Å². The molecule has 228 valence electrons. The fourth-order valence-electron chi connectivity index (χ4n) is 3.51. The fourth-order valence-corrected chi connectivity index (χ4v) is 3.51. The number of carbonyl (C=O) groups excluding carboxylic acids is 4. The summed E-state index contributed by atoms with van der Waals surface area (Å²) in [4.78, 5) is 50.8. The van der Waals surface area contributed by atoms with Gasteiger partial charge in [0.1, 0.15) is 12.1 Å². The monoisotopic (exact) mass is 569 g/mol. The Labute approximate surface area is 234 Å². The summed E-state index contributed by atoms with van der Waals surface area (Å²) in [6, 6.07) is -2.63. The minimum absolute atomic E-state index is 0.170. The quantitative estimate of drug-likeness (QED) is 0.0364. The Morgan fingerprint density at radius 2 is 1.00 bits per heavy atom. The molecule has 0 bridgehead atoms. The Kier molecular flexibility index (Phi) is 18.6. The van der Waals surface area contributed by atoms with Crippen LogP contribution in [0.1, 0.15) is 51.9 Å². The number of hydrogen-bond donors (Lipinski definition) is 13. The largest absolute Gasteiger partial charge is 0.370 e. The molecule has 0 fully saturated rings. The van der Waals surface area contributed by atoms with Crippen molar-refractivity contribution in [2.75, 3.05) is 33.2 Å². The molecule has 17 nitrogen and oxygen atoms in total. The molecule has 0 radical (unpaired) electrons. The highest BCUT2D eigenvalue weighted by Crippen LogP contribution is 2.05. The molecule has 0 aromatic heterocycles. The predicted octanol–water partition coefficient (Wildman–Crippen LogP) is -3.57. The van der Waals surface area contributed by atoms with Gasteiger partial charge in [-0.3, -0.25) is 35.4 Å². The Bertz CT molecular complexity index is 868. The second-order valence-electron chi connectivity index (χ2n) is 9.02. The first-order chi connectivity index (χ1) is 18.9. The van der Waals surface area contributed by atoms with Gasteiger partial charge in [0.2, 0.25) is 17.7 Å². The molecular formula is C23H47N13O4. The molecule has 0 rings (SSSR count). The van der Waals surface area contributed by atoms with Crippen molar-refractivity contribution in [1.82, 2.24) is 37.2 Å². The molecule has 0 spiro atoms. The third-order valence-corrected chi connectivity index (χ3v) is 5.74. The molecule has 0 saturated heterocycles. The van der Waals surface area contributed by atoms with Crippen LogP contribution in [0.5, 0.6) is 0 Å². The number of hydrogen-bond acceptors (Lipinski definition) is 8. The zero-order chi connectivity index (χ0) is 30.5. The van der Waals surface area contributed by atoms with E-state index >= 15 is 0 Å². The van der Waals surface area contributed by atoms with Gasteiger partial charge in [0.25, 0.3) is 0 Å². The van der Waals surface area contributed by atoms with Crippen LogP contribution in [0.2, 0.25) is 0 Å². The topological polar surface area (TPSA) is 302 Å². The molecule has 0 aliphatic carbocycles. The van der Waals surface area contributed by atoms with Crippen LogP contribution in [-0.4, -0.2) is 92.7 Å². The summed E-state index contributed by atoms with van der Waals surface area (Å²) >= 11 is 0. The van der Waals surface area contributed by atoms with Crippen LogP contribution >= 0.6 is 0 Å². The van der Waals surface area contributed by atoms with Gasteiger partial charge >= 0.3 is 0 Å². The van der Waals surface area contributed by atoms with Gasteiger partial charge in [-0.25, -0.2) is 0 Å². The van der Waals surface area contributed by atoms with Crippen molar-refractivity contribution < 1.29 is 19.2 Å². The van der Waals surface area contributed by atoms with Crippen molar-refractivity contribution in [3.63, 3.8) is 0 Å². The molecule has 16 N–H and O–H groups in total. The summed E-state index contributed by atoms with van der Waals surface area (Å²) in [6.07, 6.45) is 2.33. The zero-order valence-corrected chi connectivity index (χ0v) is 23.4. The molecule has 3 amide bonds. The molecule has 3 atom stereocenters. The van der Waals surface area contributed by atoms with Crippen LogP contribution in [0.3, 0.4) is 0 Å². The van der Waals surface area contributed by atoms with Gasteiger partial charge in [0, 0.05) is 26.1 Å². The number of amides is 3. The number of guanidine groups is 3. The third-order valence-electron chi connectivity index (χ3n) is 5.74. The van der Waals surface area contributed by atoms with E-state index < -0.39 is 35.8 Å². The van der Waals surface area contributed by atoms with E-state index in [0.29, 0.717) is 45.3 Å². The zero-order valence-electron chi connectivity index (χ0n) is 23.4. The number of likely N-dealkylation sites (N-methyl/N-ethyl adjacent to an activating group) is 1. The van der Waals surface area contributed by atoms with Crippen LogP contribution < -0.4 is 54.4 Å². The Balaban J connectivity index is 5.50. The lowest BCUT2D eigenvalue weighted by Crippen LogP contribution is -2.56. The summed E-state index contributed by atoms with van der Waals surface area (Å²) in [7, 11) is 1.61. The third kappa shape index (κ3) is 17.4. The van der Waals surface area contributed by atoms with Crippen LogP contribution in [-0.2, 0) is 19.2 Å². The highest BCUT2D eigenvalue weighted by molar-refractivity contribution is 5.94. The first-order valence-corrected chi connectivity index (χ1v) is 13.2. The van der Waals surface area contributed by atoms with Gasteiger partial charge in [-0.15, -0.1) is 0 Å². The van der Waals surface area contributed by atoms with Gasteiger partial charge in [0.15, 0.2) is 23.7 Å². The van der Waals surface area contributed by atoms with Crippen molar-refractivity contribution >= 4 is 41.4 Å². The van der Waals surface area contributed by atoms with Gasteiger partial charge in [-0.1, -0.05) is 6.92 Å². The fraction of sp³-hybridized carbons (Fsp3) is 0.696. The van der Waals surface area contributed by atoms with Gasteiger partial charge in [-0.2, -0.15) is 0 Å². The normalized spacial score (nSPS) is 12.7. The molecule has 0 aliphatic rings. The van der Waals surface area contributed by atoms with Crippen molar-refractivity contribution in [3.8, 4) is 0 Å². The van der Waals surface area contributed by atoms with Crippen LogP contribution in [0.15, 0.2) is 0 Å². The van der Waals surface area contributed by atoms with E-state index in [9.17, 15) is 19.2 Å². The average Bonchev–Trinajstić information content (AvgIpc) is 2.89. The average molecular weight is 570 g/mol. The minimum atomic E-state index is -1.00. The van der Waals surface area contributed by atoms with Gasteiger partial charge in [-0.05, 0) is 45.6 Å². The molecule has 0 heterocycles. The smallest absolute Gasteiger partial charge is 0.243 e. The lowest BCUT2D eigenvalue weighted by atomic mass is 10.1. The predicted molar refractivity (Wildman–Crippen MR) is 152 cm³/mol. The first kappa shape index (κ1) is 35.9. The maximum absolute atomic E-state index is 13.3. The maximum Gasteiger partial charge on any atom is 0.243 e. The Morgan fingerprint density at radius 1 is 0.625 bits per heavy atom. The lowest BCUT2D eigenvalue weighted by Gasteiger charge is -2.25. The summed E-state index contributed by atoms with van der Waals surface area (Å²) < 4.78 is 0. The standard InChI is InChI=1S/C23H47N13O4/c1-3-14(37)13-34-18(38)16(8-5-11-32-22(26)27)35-20(40)17(9-6-12-33-23(28)29)36-19(39)15(30-2)7-4-10-31-21(24)25/h15-17,30H,3-13H2,1-2H3,(H,34,38)(H,35,40)(H,36,39)(H4,24,25,31)(H4,26,27,32)(H4,28,29,33)/t15-,16-,17-/m0/s1. The number of nitrogens with one attached hydrogen (secondary N) is 10. The number of nitrogens with two attached hydrogens (primary N) is 3. The number of carbonyl (C=O) groups is 4. The molecule has 0 unspecified atom stereocenters. The van der Waals surface area contributed by atoms with E-state index in [4.69, 9.17) is 33.4 Å². The second-order valence-corrected chi connectivity index (χ2v) is 9.02. The number of rotatable bonds is 21. The van der Waals surface area contributed by atoms with Crippen molar-refractivity contribution in [2.45, 2.75) is 70.0 Å². The van der Waals surface area contributed by atoms with E-state index in [-0.39, 0.29) is 49.5 Å². The molecule has 0 aromatic carbocycles. The van der Waals surface area contributed by atoms with E-state index in [1.165, 1.54) is 0 Å². The maximum atomic E-state index is 13.3. The molecule has 17 heteroatoms. The number of Topliss-reactive ketones (excluding diaryl/α,β-unsaturated/α-hetero) is 1. The molecule has 40 heavy (non-hydrogen) atoms. The Hall–Kier alpha value is -4.15. The van der Waals surface area contributed by atoms with Gasteiger partial charge in [0.05, 0.1) is 12.6 Å². The summed E-state index contributed by atoms with van der Waals surface area (Å²) in [6.45, 7) is 2.49. The summed E-state index contributed by atoms with van der Waals surface area (Å²) in [5.41, 5.74) is 15.9. The highest BCUT2D eigenvalue weighted by atomic mass is 16.2. The van der Waals surface area contributed by atoms with E-state index in [1.807, 2.05) is 0 Å².